The van der Waals surface area contributed by atoms with E-state index in [9.17, 15) is 4.57 Å². The number of nitrogens with zero attached hydrogens (tertiary/aromatic N) is 3. The maximum Gasteiger partial charge on any atom is 0.471 e. The molecule has 1 aliphatic rings. The van der Waals surface area contributed by atoms with Gasteiger partial charge in [-0.3, -0.25) is 4.52 Å². The number of ether oxygens (including phenoxy) is 1. The Bertz CT molecular complexity index is 1170. The molecule has 0 fully saturated rings. The number of nitrogens with two attached hydrogens (primary N) is 1. The van der Waals surface area contributed by atoms with Crippen LogP contribution in [0.5, 0.6) is 11.6 Å². The van der Waals surface area contributed by atoms with Crippen LogP contribution >= 0.6 is 7.82 Å². The molecule has 0 bridgehead atoms. The fraction of sp³-hybridized carbons (Fsp3) is 0.143. The zero-order chi connectivity index (χ0) is 22.6. The number of para-hydroxylation sites is 1. The Hall–Kier alpha value is -3.27. The van der Waals surface area contributed by atoms with Gasteiger partial charge in [-0.15, -0.1) is 0 Å². The SMILES string of the molecule is NC1C(c2cc(Cc3ccnc(Oc4ccccc4)c3)no2)=CC=CN1COP(=O)(O)O. The van der Waals surface area contributed by atoms with Crippen LogP contribution < -0.4 is 10.5 Å². The van der Waals surface area contributed by atoms with Crippen molar-refractivity contribution in [1.82, 2.24) is 15.0 Å². The number of aromatic nitrogens is 2. The minimum Gasteiger partial charge on any atom is -0.439 e. The summed E-state index contributed by atoms with van der Waals surface area (Å²) in [6.07, 6.45) is 6.44. The summed E-state index contributed by atoms with van der Waals surface area (Å²) in [7, 11) is -4.61. The van der Waals surface area contributed by atoms with Crippen molar-refractivity contribution in [2.24, 2.45) is 5.73 Å². The smallest absolute Gasteiger partial charge is 0.439 e. The molecule has 4 N–H and O–H groups in total. The average molecular weight is 456 g/mol. The third-order valence-electron chi connectivity index (χ3n) is 4.60. The molecule has 2 aromatic heterocycles. The lowest BCUT2D eigenvalue weighted by atomic mass is 10.1. The number of phosphoric acid groups is 1. The summed E-state index contributed by atoms with van der Waals surface area (Å²) in [4.78, 5) is 23.5. The van der Waals surface area contributed by atoms with Gasteiger partial charge in [0.2, 0.25) is 5.88 Å². The predicted molar refractivity (Wildman–Crippen MR) is 115 cm³/mol. The first-order valence-electron chi connectivity index (χ1n) is 9.61. The van der Waals surface area contributed by atoms with Gasteiger partial charge in [-0.1, -0.05) is 29.4 Å². The molecular formula is C21H21N4O6P. The Morgan fingerprint density at radius 2 is 2.00 bits per heavy atom. The lowest BCUT2D eigenvalue weighted by Crippen LogP contribution is -2.41. The quantitative estimate of drug-likeness (QED) is 0.433. The number of rotatable bonds is 8. The molecule has 3 aromatic rings. The van der Waals surface area contributed by atoms with Gasteiger partial charge in [-0.25, -0.2) is 9.55 Å². The van der Waals surface area contributed by atoms with Gasteiger partial charge in [0.15, 0.2) is 5.76 Å². The summed E-state index contributed by atoms with van der Waals surface area (Å²) in [6.45, 7) is -0.374. The maximum atomic E-state index is 11.0. The molecule has 166 valence electrons. The van der Waals surface area contributed by atoms with Crippen LogP contribution in [0.25, 0.3) is 5.57 Å². The van der Waals surface area contributed by atoms with Crippen molar-refractivity contribution in [2.45, 2.75) is 12.6 Å². The van der Waals surface area contributed by atoms with Crippen molar-refractivity contribution < 1.29 is 28.1 Å². The molecule has 0 amide bonds. The molecule has 1 aromatic carbocycles. The number of pyridine rings is 1. The van der Waals surface area contributed by atoms with E-state index in [0.717, 1.165) is 5.56 Å². The molecule has 4 rings (SSSR count). The predicted octanol–water partition coefficient (Wildman–Crippen LogP) is 3.02. The van der Waals surface area contributed by atoms with Crippen LogP contribution in [0.15, 0.2) is 77.6 Å². The van der Waals surface area contributed by atoms with Crippen LogP contribution in [0.4, 0.5) is 0 Å². The van der Waals surface area contributed by atoms with Crippen LogP contribution in [0, 0.1) is 0 Å². The van der Waals surface area contributed by atoms with E-state index in [1.54, 1.807) is 30.6 Å². The van der Waals surface area contributed by atoms with E-state index in [1.807, 2.05) is 42.5 Å². The van der Waals surface area contributed by atoms with Crippen LogP contribution in [-0.4, -0.2) is 37.7 Å². The molecule has 11 heteroatoms. The summed E-state index contributed by atoms with van der Waals surface area (Å²) in [6, 6.07) is 14.8. The third kappa shape index (κ3) is 5.70. The van der Waals surface area contributed by atoms with E-state index in [-0.39, 0.29) is 6.73 Å². The van der Waals surface area contributed by atoms with Crippen molar-refractivity contribution in [3.8, 4) is 11.6 Å². The van der Waals surface area contributed by atoms with Gasteiger partial charge in [0.25, 0.3) is 0 Å². The number of phosphoric ester groups is 1. The van der Waals surface area contributed by atoms with E-state index in [0.29, 0.717) is 35.1 Å². The van der Waals surface area contributed by atoms with Gasteiger partial charge in [0.05, 0.1) is 5.69 Å². The highest BCUT2D eigenvalue weighted by Gasteiger charge is 2.25. The van der Waals surface area contributed by atoms with Crippen molar-refractivity contribution in [3.05, 3.63) is 90.1 Å². The van der Waals surface area contributed by atoms with Crippen molar-refractivity contribution in [1.29, 1.82) is 0 Å². The lowest BCUT2D eigenvalue weighted by molar-refractivity contribution is 0.110. The second kappa shape index (κ2) is 9.47. The van der Waals surface area contributed by atoms with Crippen LogP contribution in [0.1, 0.15) is 17.0 Å². The highest BCUT2D eigenvalue weighted by Crippen LogP contribution is 2.36. The second-order valence-electron chi connectivity index (χ2n) is 6.95. The largest absolute Gasteiger partial charge is 0.471 e. The van der Waals surface area contributed by atoms with Crippen molar-refractivity contribution >= 4 is 13.4 Å². The second-order valence-corrected chi connectivity index (χ2v) is 8.19. The normalized spacial score (nSPS) is 16.2. The molecule has 1 atom stereocenters. The highest BCUT2D eigenvalue weighted by molar-refractivity contribution is 7.46. The first kappa shape index (κ1) is 21.9. The van der Waals surface area contributed by atoms with Crippen LogP contribution in [0.2, 0.25) is 0 Å². The molecule has 1 aliphatic heterocycles. The van der Waals surface area contributed by atoms with Gasteiger partial charge >= 0.3 is 7.82 Å². The molecule has 0 spiro atoms. The van der Waals surface area contributed by atoms with E-state index in [1.165, 1.54) is 4.90 Å². The molecule has 1 unspecified atom stereocenters. The Balaban J connectivity index is 1.43. The third-order valence-corrected chi connectivity index (χ3v) is 5.05. The summed E-state index contributed by atoms with van der Waals surface area (Å²) in [5.41, 5.74) is 8.41. The van der Waals surface area contributed by atoms with Gasteiger partial charge in [0.1, 0.15) is 18.6 Å². The molecule has 32 heavy (non-hydrogen) atoms. The van der Waals surface area contributed by atoms with E-state index in [2.05, 4.69) is 14.7 Å². The number of benzene rings is 1. The van der Waals surface area contributed by atoms with E-state index < -0.39 is 14.0 Å². The number of hydrogen-bond donors (Lipinski definition) is 3. The summed E-state index contributed by atoms with van der Waals surface area (Å²) < 4.78 is 26.7. The monoisotopic (exact) mass is 456 g/mol. The molecule has 3 heterocycles. The topological polar surface area (TPSA) is 144 Å². The number of allylic oxidation sites excluding steroid dienone is 2. The lowest BCUT2D eigenvalue weighted by Gasteiger charge is -2.30. The van der Waals surface area contributed by atoms with Gasteiger partial charge in [0, 0.05) is 36.5 Å². The Morgan fingerprint density at radius 3 is 2.78 bits per heavy atom. The molecule has 0 aliphatic carbocycles. The molecule has 0 radical (unpaired) electrons. The first-order valence-corrected chi connectivity index (χ1v) is 11.1. The molecule has 0 saturated heterocycles. The van der Waals surface area contributed by atoms with E-state index >= 15 is 0 Å². The first-order chi connectivity index (χ1) is 15.4. The minimum atomic E-state index is -4.61. The minimum absolute atomic E-state index is 0.374. The Labute approximate surface area is 183 Å². The van der Waals surface area contributed by atoms with E-state index in [4.69, 9.17) is 24.8 Å². The molecule has 0 saturated carbocycles. The van der Waals surface area contributed by atoms with Crippen LogP contribution in [0.3, 0.4) is 0 Å². The Kier molecular flexibility index (Phi) is 6.50. The molecular weight excluding hydrogens is 435 g/mol. The zero-order valence-electron chi connectivity index (χ0n) is 16.8. The fourth-order valence-electron chi connectivity index (χ4n) is 3.09. The fourth-order valence-corrected chi connectivity index (χ4v) is 3.37. The van der Waals surface area contributed by atoms with Gasteiger partial charge in [-0.05, 0) is 29.8 Å². The zero-order valence-corrected chi connectivity index (χ0v) is 17.7. The van der Waals surface area contributed by atoms with Crippen molar-refractivity contribution in [2.75, 3.05) is 6.73 Å². The average Bonchev–Trinajstić information content (AvgIpc) is 3.21. The highest BCUT2D eigenvalue weighted by atomic mass is 31.2. The standard InChI is InChI=1S/C21H21N4O6P/c22-21-18(7-4-10-25(21)14-29-32(26,27)28)19-13-16(24-31-19)11-15-8-9-23-20(12-15)30-17-5-2-1-3-6-17/h1-10,12-13,21H,11,14,22H2,(H2,26,27,28). The van der Waals surface area contributed by atoms with Gasteiger partial charge in [-0.2, -0.15) is 0 Å². The summed E-state index contributed by atoms with van der Waals surface area (Å²) in [5, 5.41) is 4.11. The Morgan fingerprint density at radius 1 is 1.19 bits per heavy atom. The van der Waals surface area contributed by atoms with Crippen molar-refractivity contribution in [3.63, 3.8) is 0 Å². The number of hydrogen-bond acceptors (Lipinski definition) is 8. The molecule has 10 nitrogen and oxygen atoms in total. The maximum absolute atomic E-state index is 11.0. The summed E-state index contributed by atoms with van der Waals surface area (Å²) >= 11 is 0. The van der Waals surface area contributed by atoms with Crippen LogP contribution in [-0.2, 0) is 15.5 Å². The van der Waals surface area contributed by atoms with Gasteiger partial charge < -0.3 is 29.7 Å². The summed E-state index contributed by atoms with van der Waals surface area (Å²) in [5.74, 6) is 1.62.